The van der Waals surface area contributed by atoms with Crippen LogP contribution in [-0.4, -0.2) is 0 Å². The summed E-state index contributed by atoms with van der Waals surface area (Å²) in [6.45, 7) is 4.71. The average Bonchev–Trinajstić information content (AvgIpc) is 3.75. The summed E-state index contributed by atoms with van der Waals surface area (Å²) in [4.78, 5) is 2.43. The summed E-state index contributed by atoms with van der Waals surface area (Å²) in [6.07, 6.45) is 0. The van der Waals surface area contributed by atoms with Crippen LogP contribution in [0.4, 0.5) is 17.1 Å². The van der Waals surface area contributed by atoms with Gasteiger partial charge in [-0.3, -0.25) is 0 Å². The van der Waals surface area contributed by atoms with Gasteiger partial charge in [0.2, 0.25) is 0 Å². The second kappa shape index (κ2) is 13.0. The minimum atomic E-state index is -0.0909. The Hall–Kier alpha value is -7.16. The smallest absolute Gasteiger partial charge is 0.135 e. The molecule has 1 aliphatic carbocycles. The summed E-state index contributed by atoms with van der Waals surface area (Å²) in [5.74, 6) is 0. The lowest BCUT2D eigenvalue weighted by Crippen LogP contribution is -2.14. The van der Waals surface area contributed by atoms with Gasteiger partial charge < -0.3 is 9.32 Å². The predicted molar refractivity (Wildman–Crippen MR) is 240 cm³/mol. The Labute approximate surface area is 332 Å². The van der Waals surface area contributed by atoms with E-state index in [0.717, 1.165) is 50.1 Å². The average molecular weight is 730 g/mol. The molecule has 0 N–H and O–H groups in total. The summed E-state index contributed by atoms with van der Waals surface area (Å²) in [5.41, 5.74) is 17.6. The van der Waals surface area contributed by atoms with E-state index in [9.17, 15) is 0 Å². The van der Waals surface area contributed by atoms with Crippen molar-refractivity contribution in [2.75, 3.05) is 4.90 Å². The zero-order chi connectivity index (χ0) is 38.1. The fraction of sp³-hybridized carbons (Fsp3) is 0.0545. The van der Waals surface area contributed by atoms with Crippen LogP contribution >= 0.6 is 0 Å². The number of hydrogen-bond donors (Lipinski definition) is 0. The maximum Gasteiger partial charge on any atom is 0.135 e. The maximum atomic E-state index is 6.15. The van der Waals surface area contributed by atoms with Crippen molar-refractivity contribution in [1.29, 1.82) is 0 Å². The minimum Gasteiger partial charge on any atom is -0.456 e. The van der Waals surface area contributed by atoms with Crippen molar-refractivity contribution in [2.45, 2.75) is 19.3 Å². The molecular weight excluding hydrogens is 691 g/mol. The summed E-state index contributed by atoms with van der Waals surface area (Å²) in [7, 11) is 0. The van der Waals surface area contributed by atoms with Crippen molar-refractivity contribution in [3.05, 3.63) is 211 Å². The van der Waals surface area contributed by atoms with Crippen LogP contribution in [0, 0.1) is 0 Å². The molecule has 1 heterocycles. The van der Waals surface area contributed by atoms with E-state index in [0.29, 0.717) is 0 Å². The van der Waals surface area contributed by atoms with Crippen LogP contribution in [0.3, 0.4) is 0 Å². The molecule has 0 amide bonds. The van der Waals surface area contributed by atoms with Gasteiger partial charge in [0.1, 0.15) is 11.2 Å². The van der Waals surface area contributed by atoms with E-state index in [2.05, 4.69) is 207 Å². The third-order valence-corrected chi connectivity index (χ3v) is 12.1. The SMILES string of the molecule is CC1(C)c2ccccc2-c2c(-c3ccccc3N(c3ccc(-c4ccc5oc6ccccc6c5c4)cc3)c3cccc(-c4ccc5ccccc5c4)c3)cccc21. The van der Waals surface area contributed by atoms with Gasteiger partial charge in [-0.25, -0.2) is 0 Å². The maximum absolute atomic E-state index is 6.15. The first-order chi connectivity index (χ1) is 28.0. The molecule has 0 spiro atoms. The van der Waals surface area contributed by atoms with Crippen LogP contribution in [0.25, 0.3) is 77.2 Å². The number of nitrogens with zero attached hydrogens (tertiary/aromatic N) is 1. The van der Waals surface area contributed by atoms with Gasteiger partial charge in [0.15, 0.2) is 0 Å². The zero-order valence-corrected chi connectivity index (χ0v) is 31.9. The first-order valence-corrected chi connectivity index (χ1v) is 19.8. The van der Waals surface area contributed by atoms with Gasteiger partial charge in [0.25, 0.3) is 0 Å². The third kappa shape index (κ3) is 5.40. The summed E-state index contributed by atoms with van der Waals surface area (Å²) in [5, 5.41) is 4.75. The highest BCUT2D eigenvalue weighted by molar-refractivity contribution is 6.06. The van der Waals surface area contributed by atoms with Gasteiger partial charge in [0, 0.05) is 33.1 Å². The first kappa shape index (κ1) is 33.2. The van der Waals surface area contributed by atoms with Crippen LogP contribution in [-0.2, 0) is 5.41 Å². The van der Waals surface area contributed by atoms with Crippen LogP contribution in [0.1, 0.15) is 25.0 Å². The second-order valence-corrected chi connectivity index (χ2v) is 15.7. The Morgan fingerprint density at radius 2 is 1.02 bits per heavy atom. The number of anilines is 3. The number of rotatable bonds is 6. The number of hydrogen-bond acceptors (Lipinski definition) is 2. The Morgan fingerprint density at radius 3 is 1.91 bits per heavy atom. The van der Waals surface area contributed by atoms with Crippen molar-refractivity contribution >= 4 is 49.8 Å². The Bertz CT molecular complexity index is 3170. The fourth-order valence-electron chi connectivity index (χ4n) is 9.20. The van der Waals surface area contributed by atoms with Gasteiger partial charge in [0.05, 0.1) is 5.69 Å². The third-order valence-electron chi connectivity index (χ3n) is 12.1. The normalized spacial score (nSPS) is 12.9. The highest BCUT2D eigenvalue weighted by atomic mass is 16.3. The molecule has 2 heteroatoms. The standard InChI is InChI=1S/C55H39NO/c1-55(2)49-21-8-5-19-47(49)54-46(20-12-22-50(54)55)44-17-6-9-23-51(44)56(43-16-11-15-39(34-43)40-26-25-36-13-3-4-14-38(36)33-40)42-30-27-37(28-31-42)41-29-32-53-48(35-41)45-18-7-10-24-52(45)57-53/h3-35H,1-2H3. The van der Waals surface area contributed by atoms with E-state index in [4.69, 9.17) is 4.42 Å². The molecule has 1 aliphatic rings. The van der Waals surface area contributed by atoms with Crippen molar-refractivity contribution < 1.29 is 4.42 Å². The van der Waals surface area contributed by atoms with Gasteiger partial charge in [-0.1, -0.05) is 159 Å². The molecule has 0 unspecified atom stereocenters. The number of benzene rings is 9. The molecule has 9 aromatic carbocycles. The molecule has 0 atom stereocenters. The number of furan rings is 1. The van der Waals surface area contributed by atoms with Gasteiger partial charge in [-0.15, -0.1) is 0 Å². The topological polar surface area (TPSA) is 16.4 Å². The van der Waals surface area contributed by atoms with Crippen molar-refractivity contribution in [2.24, 2.45) is 0 Å². The van der Waals surface area contributed by atoms with E-state index in [1.54, 1.807) is 0 Å². The predicted octanol–water partition coefficient (Wildman–Crippen LogP) is 15.5. The van der Waals surface area contributed by atoms with Gasteiger partial charge in [-0.2, -0.15) is 0 Å². The monoisotopic (exact) mass is 729 g/mol. The zero-order valence-electron chi connectivity index (χ0n) is 31.9. The lowest BCUT2D eigenvalue weighted by molar-refractivity contribution is 0.660. The lowest BCUT2D eigenvalue weighted by Gasteiger charge is -2.29. The lowest BCUT2D eigenvalue weighted by atomic mass is 9.82. The van der Waals surface area contributed by atoms with Crippen LogP contribution < -0.4 is 4.90 Å². The molecular formula is C55H39NO. The van der Waals surface area contributed by atoms with Gasteiger partial charge in [-0.05, 0) is 115 Å². The first-order valence-electron chi connectivity index (χ1n) is 19.8. The van der Waals surface area contributed by atoms with Crippen LogP contribution in [0.2, 0.25) is 0 Å². The quantitative estimate of drug-likeness (QED) is 0.169. The van der Waals surface area contributed by atoms with Crippen LogP contribution in [0.5, 0.6) is 0 Å². The molecule has 0 saturated heterocycles. The largest absolute Gasteiger partial charge is 0.456 e. The van der Waals surface area contributed by atoms with E-state index >= 15 is 0 Å². The molecule has 0 saturated carbocycles. The number of para-hydroxylation sites is 2. The van der Waals surface area contributed by atoms with E-state index < -0.39 is 0 Å². The molecule has 0 fully saturated rings. The van der Waals surface area contributed by atoms with E-state index in [1.807, 2.05) is 12.1 Å². The van der Waals surface area contributed by atoms with Crippen molar-refractivity contribution in [3.8, 4) is 44.5 Å². The van der Waals surface area contributed by atoms with Crippen molar-refractivity contribution in [3.63, 3.8) is 0 Å². The van der Waals surface area contributed by atoms with Crippen molar-refractivity contribution in [1.82, 2.24) is 0 Å². The molecule has 10 aromatic rings. The van der Waals surface area contributed by atoms with Gasteiger partial charge >= 0.3 is 0 Å². The minimum absolute atomic E-state index is 0.0909. The molecule has 57 heavy (non-hydrogen) atoms. The Kier molecular flexibility index (Phi) is 7.55. The van der Waals surface area contributed by atoms with Crippen LogP contribution in [0.15, 0.2) is 205 Å². The highest BCUT2D eigenvalue weighted by Crippen LogP contribution is 2.54. The molecule has 2 nitrogen and oxygen atoms in total. The number of fused-ring (bicyclic) bond motifs is 7. The molecule has 270 valence electrons. The molecule has 11 rings (SSSR count). The summed E-state index contributed by atoms with van der Waals surface area (Å²) >= 11 is 0. The fourth-order valence-corrected chi connectivity index (χ4v) is 9.20. The Morgan fingerprint density at radius 1 is 0.386 bits per heavy atom. The van der Waals surface area contributed by atoms with E-state index in [-0.39, 0.29) is 5.41 Å². The van der Waals surface area contributed by atoms with E-state index in [1.165, 1.54) is 55.3 Å². The summed E-state index contributed by atoms with van der Waals surface area (Å²) < 4.78 is 6.15. The summed E-state index contributed by atoms with van der Waals surface area (Å²) in [6, 6.07) is 72.8. The molecule has 0 bridgehead atoms. The highest BCUT2D eigenvalue weighted by Gasteiger charge is 2.37. The molecule has 1 aromatic heterocycles. The second-order valence-electron chi connectivity index (χ2n) is 15.7. The molecule has 0 radical (unpaired) electrons. The Balaban J connectivity index is 1.08. The molecule has 0 aliphatic heterocycles.